The number of fused-ring (bicyclic) bond motifs is 5. The lowest BCUT2D eigenvalue weighted by Crippen LogP contribution is -2.44. The number of ether oxygens (including phenoxy) is 1. The molecule has 194 valence electrons. The van der Waals surface area contributed by atoms with Crippen molar-refractivity contribution in [2.24, 2.45) is 11.8 Å². The first-order chi connectivity index (χ1) is 18.8. The van der Waals surface area contributed by atoms with E-state index in [1.54, 1.807) is 11.1 Å². The average Bonchev–Trinajstić information content (AvgIpc) is 3.41. The lowest BCUT2D eigenvalue weighted by atomic mass is 9.83. The van der Waals surface area contributed by atoms with Crippen molar-refractivity contribution in [3.63, 3.8) is 0 Å². The predicted octanol–water partition coefficient (Wildman–Crippen LogP) is 3.92. The summed E-state index contributed by atoms with van der Waals surface area (Å²) in [6.45, 7) is 1.27. The molecule has 3 aromatic carbocycles. The summed E-state index contributed by atoms with van der Waals surface area (Å²) < 4.78 is 5.06. The van der Waals surface area contributed by atoms with Crippen LogP contribution in [0, 0.1) is 22.0 Å². The molecule has 2 amide bonds. The van der Waals surface area contributed by atoms with Crippen molar-refractivity contribution < 1.29 is 28.8 Å². The Morgan fingerprint density at radius 2 is 1.64 bits per heavy atom. The fraction of sp³-hybridized carbons (Fsp3) is 0.172. The first-order valence-corrected chi connectivity index (χ1v) is 12.3. The second kappa shape index (κ2) is 9.02. The zero-order valence-electron chi connectivity index (χ0n) is 20.6. The normalized spacial score (nSPS) is 22.8. The number of nitro benzene ring substituents is 1. The molecule has 3 aliphatic rings. The van der Waals surface area contributed by atoms with Gasteiger partial charge in [0.1, 0.15) is 11.8 Å². The fourth-order valence-electron chi connectivity index (χ4n) is 5.88. The molecule has 10 nitrogen and oxygen atoms in total. The Kier molecular flexibility index (Phi) is 5.60. The van der Waals surface area contributed by atoms with Gasteiger partial charge in [0.2, 0.25) is 11.8 Å². The van der Waals surface area contributed by atoms with Gasteiger partial charge < -0.3 is 9.64 Å². The first kappa shape index (κ1) is 24.2. The quantitative estimate of drug-likeness (QED) is 0.123. The van der Waals surface area contributed by atoms with E-state index in [0.29, 0.717) is 5.69 Å². The van der Waals surface area contributed by atoms with Gasteiger partial charge in [-0.15, -0.1) is 0 Å². The van der Waals surface area contributed by atoms with E-state index in [9.17, 15) is 29.3 Å². The minimum Gasteiger partial charge on any atom is -0.427 e. The van der Waals surface area contributed by atoms with Crippen LogP contribution in [0.2, 0.25) is 0 Å². The van der Waals surface area contributed by atoms with Gasteiger partial charge in [-0.25, -0.2) is 4.90 Å². The Morgan fingerprint density at radius 1 is 0.923 bits per heavy atom. The molecule has 0 radical (unpaired) electrons. The van der Waals surface area contributed by atoms with Gasteiger partial charge in [-0.1, -0.05) is 36.4 Å². The summed E-state index contributed by atoms with van der Waals surface area (Å²) in [6.07, 6.45) is 3.56. The van der Waals surface area contributed by atoms with Crippen molar-refractivity contribution in [3.8, 4) is 5.75 Å². The van der Waals surface area contributed by atoms with Gasteiger partial charge >= 0.3 is 5.97 Å². The molecule has 0 saturated carbocycles. The number of benzene rings is 3. The maximum atomic E-state index is 13.9. The highest BCUT2D eigenvalue weighted by molar-refractivity contribution is 6.24. The van der Waals surface area contributed by atoms with E-state index in [4.69, 9.17) is 4.74 Å². The minimum absolute atomic E-state index is 0.0882. The van der Waals surface area contributed by atoms with E-state index >= 15 is 0 Å². The number of carbonyl (C=O) groups excluding carboxylic acids is 4. The number of esters is 1. The van der Waals surface area contributed by atoms with Crippen molar-refractivity contribution in [2.75, 3.05) is 4.90 Å². The molecule has 0 N–H and O–H groups in total. The topological polar surface area (TPSA) is 127 Å². The van der Waals surface area contributed by atoms with Gasteiger partial charge in [0, 0.05) is 30.8 Å². The van der Waals surface area contributed by atoms with E-state index in [0.717, 1.165) is 16.0 Å². The Bertz CT molecular complexity index is 1600. The Labute approximate surface area is 222 Å². The SMILES string of the molecule is CC(=O)Oc1ccc(N2C(=O)C3C(C2=O)C2c4ccccc4C=CN2C3C(=O)c2cccc([N+](=O)[O-])c2)cc1. The van der Waals surface area contributed by atoms with Crippen molar-refractivity contribution in [2.45, 2.75) is 19.0 Å². The number of amides is 2. The number of hydrogen-bond donors (Lipinski definition) is 0. The number of imide groups is 1. The third-order valence-corrected chi connectivity index (χ3v) is 7.43. The van der Waals surface area contributed by atoms with Crippen LogP contribution in [0.5, 0.6) is 5.75 Å². The zero-order valence-corrected chi connectivity index (χ0v) is 20.6. The van der Waals surface area contributed by atoms with Gasteiger partial charge in [0.15, 0.2) is 5.78 Å². The standard InChI is InChI=1S/C29H21N3O7/c1-16(33)39-21-11-9-19(10-12-21)31-28(35)23-24(29(31)36)26(27(34)18-6-4-7-20(15-18)32(37)38)30-14-13-17-5-2-3-8-22(17)25(23)30/h2-15,23-26H,1H3. The summed E-state index contributed by atoms with van der Waals surface area (Å²) in [5.74, 6) is -3.57. The molecule has 3 aliphatic heterocycles. The van der Waals surface area contributed by atoms with Gasteiger partial charge in [0.25, 0.3) is 5.69 Å². The van der Waals surface area contributed by atoms with E-state index in [1.807, 2.05) is 30.3 Å². The number of non-ortho nitro benzene ring substituents is 1. The van der Waals surface area contributed by atoms with Gasteiger partial charge in [0.05, 0.1) is 28.5 Å². The molecule has 39 heavy (non-hydrogen) atoms. The molecule has 0 bridgehead atoms. The van der Waals surface area contributed by atoms with Crippen LogP contribution in [0.1, 0.15) is 34.5 Å². The molecule has 2 fully saturated rings. The molecule has 10 heteroatoms. The number of hydrogen-bond acceptors (Lipinski definition) is 8. The molecule has 0 spiro atoms. The number of nitrogens with zero attached hydrogens (tertiary/aromatic N) is 3. The molecule has 0 aromatic heterocycles. The van der Waals surface area contributed by atoms with Crippen molar-refractivity contribution in [1.29, 1.82) is 0 Å². The van der Waals surface area contributed by atoms with Crippen LogP contribution in [-0.4, -0.2) is 39.4 Å². The smallest absolute Gasteiger partial charge is 0.308 e. The van der Waals surface area contributed by atoms with E-state index in [2.05, 4.69) is 0 Å². The number of ketones is 1. The fourth-order valence-corrected chi connectivity index (χ4v) is 5.88. The van der Waals surface area contributed by atoms with Gasteiger partial charge in [-0.3, -0.25) is 29.3 Å². The van der Waals surface area contributed by atoms with Crippen LogP contribution >= 0.6 is 0 Å². The lowest BCUT2D eigenvalue weighted by Gasteiger charge is -2.35. The Balaban J connectivity index is 1.44. The number of carbonyl (C=O) groups is 4. The van der Waals surface area contributed by atoms with Crippen LogP contribution in [0.4, 0.5) is 11.4 Å². The van der Waals surface area contributed by atoms with E-state index in [1.165, 1.54) is 55.5 Å². The first-order valence-electron chi connectivity index (χ1n) is 12.3. The highest BCUT2D eigenvalue weighted by atomic mass is 16.6. The van der Waals surface area contributed by atoms with Crippen LogP contribution in [-0.2, 0) is 14.4 Å². The van der Waals surface area contributed by atoms with Gasteiger partial charge in [-0.2, -0.15) is 0 Å². The molecule has 6 rings (SSSR count). The number of nitro groups is 1. The summed E-state index contributed by atoms with van der Waals surface area (Å²) in [6, 6.07) is 17.3. The summed E-state index contributed by atoms with van der Waals surface area (Å²) in [7, 11) is 0. The van der Waals surface area contributed by atoms with Crippen molar-refractivity contribution in [3.05, 3.63) is 106 Å². The number of Topliss-reactive ketones (excluding diaryl/α,β-unsaturated/α-hetero) is 1. The van der Waals surface area contributed by atoms with Crippen LogP contribution in [0.15, 0.2) is 79.0 Å². The Hall–Kier alpha value is -5.12. The van der Waals surface area contributed by atoms with Crippen LogP contribution in [0.25, 0.3) is 6.08 Å². The van der Waals surface area contributed by atoms with Crippen molar-refractivity contribution in [1.82, 2.24) is 4.90 Å². The molecule has 4 atom stereocenters. The molecule has 3 aromatic rings. The second-order valence-corrected chi connectivity index (χ2v) is 9.60. The molecule has 3 heterocycles. The van der Waals surface area contributed by atoms with Crippen LogP contribution in [0.3, 0.4) is 0 Å². The zero-order chi connectivity index (χ0) is 27.4. The number of anilines is 1. The van der Waals surface area contributed by atoms with E-state index < -0.39 is 52.4 Å². The summed E-state index contributed by atoms with van der Waals surface area (Å²) in [5.41, 5.74) is 1.84. The summed E-state index contributed by atoms with van der Waals surface area (Å²) in [5, 5.41) is 11.4. The monoisotopic (exact) mass is 523 g/mol. The van der Waals surface area contributed by atoms with E-state index in [-0.39, 0.29) is 17.0 Å². The highest BCUT2D eigenvalue weighted by Crippen LogP contribution is 2.53. The molecule has 2 saturated heterocycles. The molecule has 4 unspecified atom stereocenters. The number of rotatable bonds is 5. The summed E-state index contributed by atoms with van der Waals surface area (Å²) >= 11 is 0. The van der Waals surface area contributed by atoms with Gasteiger partial charge in [-0.05, 0) is 41.5 Å². The predicted molar refractivity (Wildman–Crippen MR) is 138 cm³/mol. The largest absolute Gasteiger partial charge is 0.427 e. The molecular formula is C29H21N3O7. The Morgan fingerprint density at radius 3 is 2.36 bits per heavy atom. The van der Waals surface area contributed by atoms with Crippen LogP contribution < -0.4 is 9.64 Å². The third-order valence-electron chi connectivity index (χ3n) is 7.43. The molecular weight excluding hydrogens is 502 g/mol. The average molecular weight is 524 g/mol. The maximum absolute atomic E-state index is 13.9. The summed E-state index contributed by atoms with van der Waals surface area (Å²) in [4.78, 5) is 66.7. The molecule has 0 aliphatic carbocycles. The minimum atomic E-state index is -1.05. The highest BCUT2D eigenvalue weighted by Gasteiger charge is 2.64. The third kappa shape index (κ3) is 3.80. The maximum Gasteiger partial charge on any atom is 0.308 e. The second-order valence-electron chi connectivity index (χ2n) is 9.60. The van der Waals surface area contributed by atoms with Crippen molar-refractivity contribution >= 4 is 41.0 Å². The lowest BCUT2D eigenvalue weighted by molar-refractivity contribution is -0.384.